The molecule has 0 saturated carbocycles. The van der Waals surface area contributed by atoms with Crippen molar-refractivity contribution in [3.05, 3.63) is 71.8 Å². The first-order valence-electron chi connectivity index (χ1n) is 23.5. The zero-order valence-corrected chi connectivity index (χ0v) is 39.9. The van der Waals surface area contributed by atoms with Crippen molar-refractivity contribution in [2.45, 2.75) is 148 Å². The van der Waals surface area contributed by atoms with Crippen LogP contribution in [-0.2, 0) is 55.4 Å². The lowest BCUT2D eigenvalue weighted by Crippen LogP contribution is -2.37. The zero-order valence-electron chi connectivity index (χ0n) is 39.0. The number of ether oxygens (including phenoxy) is 4. The highest BCUT2D eigenvalue weighted by Gasteiger charge is 2.27. The third-order valence-electron chi connectivity index (χ3n) is 10.2. The van der Waals surface area contributed by atoms with E-state index in [1.807, 2.05) is 81.8 Å². The third kappa shape index (κ3) is 33.5. The van der Waals surface area contributed by atoms with Crippen molar-refractivity contribution < 1.29 is 61.1 Å². The molecule has 3 N–H and O–H groups in total. The fourth-order valence-electron chi connectivity index (χ4n) is 6.46. The molecule has 16 heteroatoms. The van der Waals surface area contributed by atoms with Crippen molar-refractivity contribution in [2.75, 3.05) is 60.6 Å². The van der Waals surface area contributed by atoms with E-state index in [4.69, 9.17) is 28.0 Å². The number of amides is 2. The number of hydrogen-bond acceptors (Lipinski definition) is 11. The molecule has 2 amide bonds. The van der Waals surface area contributed by atoms with Crippen LogP contribution < -0.4 is 10.6 Å². The standard InChI is InChI=1S/C48H78N3O12P/c1-51(2,3)36-37-61-64(56,57)62-41-44(63-46(53)33-25-15-11-7-5-9-13-17-27-35-50-48(55)60-39-43-30-22-19-23-31-43)40-58-45(52)32-24-14-10-6-4-8-12-16-26-34-49-47(54)59-38-42-28-20-18-21-29-42/h18-23,28-31,44H,4-17,24-27,32-41H2,1-3H3,(H2-,49,50,54,55,56,57)/p+1. The SMILES string of the molecule is C[N+](C)(C)CCOP(=O)(O)OCC(COC(=O)CCCCCCCCCCCNC(=O)OCc1ccccc1)OC(=O)CCCCCCCCCCCNC(=O)OCc1ccccc1. The van der Waals surface area contributed by atoms with Crippen molar-refractivity contribution in [1.82, 2.24) is 10.6 Å². The normalized spacial score (nSPS) is 12.8. The fourth-order valence-corrected chi connectivity index (χ4v) is 7.20. The lowest BCUT2D eigenvalue weighted by molar-refractivity contribution is -0.870. The molecule has 2 aromatic carbocycles. The number of phosphoric acid groups is 1. The van der Waals surface area contributed by atoms with Gasteiger partial charge in [-0.3, -0.25) is 18.6 Å². The van der Waals surface area contributed by atoms with Crippen LogP contribution >= 0.6 is 7.82 Å². The summed E-state index contributed by atoms with van der Waals surface area (Å²) in [5, 5.41) is 5.59. The molecular weight excluding hydrogens is 842 g/mol. The number of alkyl carbamates (subject to hydrolysis) is 2. The number of nitrogens with one attached hydrogen (secondary N) is 2. The number of carbonyl (C=O) groups is 4. The number of quaternary nitrogens is 1. The Morgan fingerprint density at radius 1 is 0.547 bits per heavy atom. The molecule has 64 heavy (non-hydrogen) atoms. The number of benzene rings is 2. The molecule has 2 atom stereocenters. The predicted molar refractivity (Wildman–Crippen MR) is 247 cm³/mol. The van der Waals surface area contributed by atoms with Crippen molar-refractivity contribution in [3.8, 4) is 0 Å². The maximum Gasteiger partial charge on any atom is 0.472 e. The summed E-state index contributed by atoms with van der Waals surface area (Å²) in [5.41, 5.74) is 1.91. The maximum atomic E-state index is 12.7. The van der Waals surface area contributed by atoms with Gasteiger partial charge in [-0.05, 0) is 36.8 Å². The Morgan fingerprint density at radius 3 is 1.39 bits per heavy atom. The van der Waals surface area contributed by atoms with Crippen LogP contribution in [0.4, 0.5) is 9.59 Å². The van der Waals surface area contributed by atoms with Crippen LogP contribution in [-0.4, -0.2) is 100 Å². The van der Waals surface area contributed by atoms with Crippen LogP contribution in [0.1, 0.15) is 140 Å². The fraction of sp³-hybridized carbons (Fsp3) is 0.667. The van der Waals surface area contributed by atoms with Gasteiger partial charge in [0.2, 0.25) is 0 Å². The Balaban J connectivity index is 1.53. The van der Waals surface area contributed by atoms with Gasteiger partial charge < -0.3 is 39.0 Å². The molecule has 362 valence electrons. The van der Waals surface area contributed by atoms with E-state index in [-0.39, 0.29) is 39.3 Å². The summed E-state index contributed by atoms with van der Waals surface area (Å²) in [6.07, 6.45) is 16.2. The van der Waals surface area contributed by atoms with Crippen LogP contribution in [0.25, 0.3) is 0 Å². The largest absolute Gasteiger partial charge is 0.472 e. The van der Waals surface area contributed by atoms with E-state index < -0.39 is 44.7 Å². The van der Waals surface area contributed by atoms with Crippen LogP contribution in [0.2, 0.25) is 0 Å². The molecule has 0 radical (unpaired) electrons. The molecule has 0 fully saturated rings. The number of rotatable bonds is 38. The van der Waals surface area contributed by atoms with Gasteiger partial charge in [0.1, 0.15) is 33.0 Å². The van der Waals surface area contributed by atoms with E-state index in [0.717, 1.165) is 114 Å². The second kappa shape index (κ2) is 35.3. The Labute approximate surface area is 382 Å². The minimum Gasteiger partial charge on any atom is -0.462 e. The highest BCUT2D eigenvalue weighted by molar-refractivity contribution is 7.47. The summed E-state index contributed by atoms with van der Waals surface area (Å²) in [7, 11) is 1.35. The summed E-state index contributed by atoms with van der Waals surface area (Å²) < 4.78 is 44.7. The number of hydrogen-bond donors (Lipinski definition) is 3. The lowest BCUT2D eigenvalue weighted by atomic mass is 10.1. The lowest BCUT2D eigenvalue weighted by Gasteiger charge is -2.24. The van der Waals surface area contributed by atoms with E-state index in [9.17, 15) is 28.6 Å². The molecule has 0 spiro atoms. The van der Waals surface area contributed by atoms with E-state index in [1.54, 1.807) is 0 Å². The Bertz CT molecular complexity index is 1580. The van der Waals surface area contributed by atoms with Gasteiger partial charge in [-0.15, -0.1) is 0 Å². The van der Waals surface area contributed by atoms with Gasteiger partial charge in [-0.25, -0.2) is 14.2 Å². The molecule has 0 aliphatic heterocycles. The van der Waals surface area contributed by atoms with Crippen LogP contribution in [0.3, 0.4) is 0 Å². The van der Waals surface area contributed by atoms with E-state index in [1.165, 1.54) is 0 Å². The van der Waals surface area contributed by atoms with Crippen molar-refractivity contribution in [2.24, 2.45) is 0 Å². The van der Waals surface area contributed by atoms with Crippen LogP contribution in [0.15, 0.2) is 60.7 Å². The van der Waals surface area contributed by atoms with Crippen LogP contribution in [0, 0.1) is 0 Å². The summed E-state index contributed by atoms with van der Waals surface area (Å²) in [6, 6.07) is 19.1. The average Bonchev–Trinajstić information content (AvgIpc) is 3.26. The first-order chi connectivity index (χ1) is 30.8. The third-order valence-corrected chi connectivity index (χ3v) is 11.2. The molecule has 0 aliphatic carbocycles. The number of nitrogens with zero attached hydrogens (tertiary/aromatic N) is 1. The molecular formula is C48H79N3O12P+. The van der Waals surface area contributed by atoms with E-state index in [2.05, 4.69) is 10.6 Å². The number of esters is 2. The smallest absolute Gasteiger partial charge is 0.462 e. The second-order valence-corrected chi connectivity index (χ2v) is 18.7. The van der Waals surface area contributed by atoms with Gasteiger partial charge in [0, 0.05) is 25.9 Å². The topological polar surface area (TPSA) is 185 Å². The molecule has 0 saturated heterocycles. The molecule has 0 aliphatic rings. The first-order valence-corrected chi connectivity index (χ1v) is 25.0. The Morgan fingerprint density at radius 2 is 0.953 bits per heavy atom. The monoisotopic (exact) mass is 921 g/mol. The highest BCUT2D eigenvalue weighted by Crippen LogP contribution is 2.43. The summed E-state index contributed by atoms with van der Waals surface area (Å²) in [5.74, 6) is -0.919. The number of unbranched alkanes of at least 4 members (excludes halogenated alkanes) is 16. The van der Waals surface area contributed by atoms with Gasteiger partial charge in [0.15, 0.2) is 6.10 Å². The molecule has 2 unspecified atom stereocenters. The molecule has 15 nitrogen and oxygen atoms in total. The molecule has 0 bridgehead atoms. The average molecular weight is 921 g/mol. The van der Waals surface area contributed by atoms with Crippen molar-refractivity contribution >= 4 is 31.9 Å². The molecule has 0 aromatic heterocycles. The number of phosphoric ester groups is 1. The molecule has 0 heterocycles. The minimum absolute atomic E-state index is 0.00456. The van der Waals surface area contributed by atoms with Crippen LogP contribution in [0.5, 0.6) is 0 Å². The molecule has 2 rings (SSSR count). The second-order valence-electron chi connectivity index (χ2n) is 17.2. The Hall–Kier alpha value is -4.01. The highest BCUT2D eigenvalue weighted by atomic mass is 31.2. The summed E-state index contributed by atoms with van der Waals surface area (Å²) in [6.45, 7) is 1.43. The van der Waals surface area contributed by atoms with E-state index >= 15 is 0 Å². The van der Waals surface area contributed by atoms with Gasteiger partial charge >= 0.3 is 31.9 Å². The van der Waals surface area contributed by atoms with Gasteiger partial charge in [-0.1, -0.05) is 151 Å². The van der Waals surface area contributed by atoms with Crippen molar-refractivity contribution in [1.29, 1.82) is 0 Å². The maximum absolute atomic E-state index is 12.7. The predicted octanol–water partition coefficient (Wildman–Crippen LogP) is 9.94. The van der Waals surface area contributed by atoms with Gasteiger partial charge in [0.05, 0.1) is 27.7 Å². The first kappa shape index (κ1) is 56.1. The summed E-state index contributed by atoms with van der Waals surface area (Å²) >= 11 is 0. The van der Waals surface area contributed by atoms with Gasteiger partial charge in [0.25, 0.3) is 0 Å². The zero-order chi connectivity index (χ0) is 46.6. The summed E-state index contributed by atoms with van der Waals surface area (Å²) in [4.78, 5) is 59.2. The quantitative estimate of drug-likeness (QED) is 0.0191. The number of likely N-dealkylation sites (N-methyl/N-ethyl adjacent to an activating group) is 1. The van der Waals surface area contributed by atoms with Crippen molar-refractivity contribution in [3.63, 3.8) is 0 Å². The van der Waals surface area contributed by atoms with E-state index in [0.29, 0.717) is 37.0 Å². The Kier molecular flexibility index (Phi) is 30.9. The molecule has 2 aromatic rings. The van der Waals surface area contributed by atoms with Gasteiger partial charge in [-0.2, -0.15) is 0 Å². The minimum atomic E-state index is -4.43. The number of carbonyl (C=O) groups excluding carboxylic acids is 4.